The van der Waals surface area contributed by atoms with Gasteiger partial charge in [-0.15, -0.1) is 0 Å². The van der Waals surface area contributed by atoms with Gasteiger partial charge in [-0.3, -0.25) is 4.90 Å². The fraction of sp³-hybridized carbons (Fsp3) is 0.562. The number of fused-ring (bicyclic) bond motifs is 3. The second-order valence-corrected chi connectivity index (χ2v) is 5.85. The third-order valence-electron chi connectivity index (χ3n) is 4.11. The number of nitrogens with zero attached hydrogens (tertiary/aromatic N) is 2. The highest BCUT2D eigenvalue weighted by Crippen LogP contribution is 2.32. The first kappa shape index (κ1) is 17.2. The number of carboxylic acids is 2. The summed E-state index contributed by atoms with van der Waals surface area (Å²) in [7, 11) is 0. The lowest BCUT2D eigenvalue weighted by Gasteiger charge is -2.40. The Morgan fingerprint density at radius 2 is 2.00 bits per heavy atom. The number of carbonyl (C=O) groups is 2. The molecule has 7 heteroatoms. The molecule has 7 nitrogen and oxygen atoms in total. The van der Waals surface area contributed by atoms with Crippen molar-refractivity contribution in [2.45, 2.75) is 32.6 Å². The van der Waals surface area contributed by atoms with E-state index in [2.05, 4.69) is 29.1 Å². The molecule has 0 saturated carbocycles. The summed E-state index contributed by atoms with van der Waals surface area (Å²) >= 11 is 0. The molecule has 0 aromatic carbocycles. The van der Waals surface area contributed by atoms with E-state index >= 15 is 0 Å². The summed E-state index contributed by atoms with van der Waals surface area (Å²) in [6.45, 7) is 5.85. The highest BCUT2D eigenvalue weighted by Gasteiger charge is 2.29. The molecule has 2 bridgehead atoms. The van der Waals surface area contributed by atoms with Crippen LogP contribution in [0.3, 0.4) is 0 Å². The number of carboxylic acid groups (broad SMARTS) is 2. The van der Waals surface area contributed by atoms with E-state index in [1.54, 1.807) is 5.57 Å². The minimum absolute atomic E-state index is 0.791. The number of hydrogen-bond acceptors (Lipinski definition) is 5. The summed E-state index contributed by atoms with van der Waals surface area (Å²) in [5, 5.41) is 18.9. The molecule has 4 rings (SSSR count). The average molecular weight is 322 g/mol. The van der Waals surface area contributed by atoms with Crippen LogP contribution in [0.1, 0.15) is 37.6 Å². The molecule has 0 unspecified atom stereocenters. The van der Waals surface area contributed by atoms with Crippen LogP contribution < -0.4 is 0 Å². The molecule has 3 aliphatic rings. The highest BCUT2D eigenvalue weighted by molar-refractivity contribution is 6.27. The summed E-state index contributed by atoms with van der Waals surface area (Å²) in [6.07, 6.45) is 7.01. The van der Waals surface area contributed by atoms with E-state index in [0.717, 1.165) is 36.8 Å². The topological polar surface area (TPSA) is 104 Å². The molecular formula is C16H22N2O5. The van der Waals surface area contributed by atoms with Crippen LogP contribution in [-0.4, -0.2) is 51.8 Å². The lowest BCUT2D eigenvalue weighted by Crippen LogP contribution is -2.42. The smallest absolute Gasteiger partial charge is 0.414 e. The maximum atomic E-state index is 9.10. The summed E-state index contributed by atoms with van der Waals surface area (Å²) in [5.41, 5.74) is 2.63. The molecular weight excluding hydrogens is 300 g/mol. The van der Waals surface area contributed by atoms with Crippen LogP contribution in [0.2, 0.25) is 0 Å². The van der Waals surface area contributed by atoms with Crippen molar-refractivity contribution in [2.24, 2.45) is 5.92 Å². The predicted molar refractivity (Wildman–Crippen MR) is 82.9 cm³/mol. The van der Waals surface area contributed by atoms with Crippen molar-refractivity contribution < 1.29 is 24.3 Å². The number of aryl methyl sites for hydroxylation is 1. The first-order chi connectivity index (χ1) is 11.0. The molecule has 0 spiro atoms. The minimum atomic E-state index is -1.82. The van der Waals surface area contributed by atoms with Gasteiger partial charge in [-0.25, -0.2) is 9.59 Å². The van der Waals surface area contributed by atoms with E-state index in [-0.39, 0.29) is 0 Å². The second kappa shape index (κ2) is 7.92. The van der Waals surface area contributed by atoms with E-state index in [1.807, 2.05) is 0 Å². The molecule has 1 aromatic rings. The van der Waals surface area contributed by atoms with Gasteiger partial charge in [0.25, 0.3) is 0 Å². The van der Waals surface area contributed by atoms with Crippen molar-refractivity contribution in [3.8, 4) is 0 Å². The number of piperidine rings is 3. The lowest BCUT2D eigenvalue weighted by molar-refractivity contribution is -0.159. The molecule has 0 atom stereocenters. The van der Waals surface area contributed by atoms with Crippen molar-refractivity contribution in [3.63, 3.8) is 0 Å². The Morgan fingerprint density at radius 3 is 2.48 bits per heavy atom. The van der Waals surface area contributed by atoms with Gasteiger partial charge in [0, 0.05) is 12.6 Å². The van der Waals surface area contributed by atoms with Crippen LogP contribution in [0, 0.1) is 5.92 Å². The van der Waals surface area contributed by atoms with Crippen molar-refractivity contribution in [1.29, 1.82) is 0 Å². The molecule has 126 valence electrons. The standard InChI is InChI=1S/C14H20N2O.C2H2O4/c1-2-3-13-9-14(17-15-13)8-12-10-16-6-4-11(12)5-7-16;3-1(4)2(5)6/h8-9,11H,2-7,10H2,1H3;(H,3,4)(H,5,6)/b12-8-;. The summed E-state index contributed by atoms with van der Waals surface area (Å²) in [5.74, 6) is -1.91. The Labute approximate surface area is 134 Å². The Hall–Kier alpha value is -2.15. The largest absolute Gasteiger partial charge is 0.473 e. The average Bonchev–Trinajstić information content (AvgIpc) is 2.96. The fourth-order valence-electron chi connectivity index (χ4n) is 2.97. The first-order valence-corrected chi connectivity index (χ1v) is 7.84. The van der Waals surface area contributed by atoms with Crippen molar-refractivity contribution in [3.05, 3.63) is 23.1 Å². The zero-order valence-electron chi connectivity index (χ0n) is 13.2. The molecule has 3 saturated heterocycles. The number of rotatable bonds is 3. The van der Waals surface area contributed by atoms with Crippen LogP contribution >= 0.6 is 0 Å². The van der Waals surface area contributed by atoms with Gasteiger partial charge in [0.1, 0.15) is 0 Å². The maximum absolute atomic E-state index is 9.10. The van der Waals surface area contributed by atoms with Crippen LogP contribution in [-0.2, 0) is 16.0 Å². The summed E-state index contributed by atoms with van der Waals surface area (Å²) < 4.78 is 5.38. The molecule has 0 amide bonds. The van der Waals surface area contributed by atoms with Gasteiger partial charge in [-0.2, -0.15) is 0 Å². The Bertz CT molecular complexity index is 573. The van der Waals surface area contributed by atoms with Gasteiger partial charge in [0.15, 0.2) is 5.76 Å². The van der Waals surface area contributed by atoms with Gasteiger partial charge in [-0.05, 0) is 49.9 Å². The second-order valence-electron chi connectivity index (χ2n) is 5.85. The number of aliphatic carboxylic acids is 2. The van der Waals surface area contributed by atoms with Gasteiger partial charge < -0.3 is 14.7 Å². The quantitative estimate of drug-likeness (QED) is 0.819. The monoisotopic (exact) mass is 322 g/mol. The Balaban J connectivity index is 0.000000277. The predicted octanol–water partition coefficient (Wildman–Crippen LogP) is 1.89. The van der Waals surface area contributed by atoms with Crippen molar-refractivity contribution in [2.75, 3.05) is 19.6 Å². The zero-order valence-corrected chi connectivity index (χ0v) is 13.2. The molecule has 0 aliphatic carbocycles. The first-order valence-electron chi connectivity index (χ1n) is 7.84. The van der Waals surface area contributed by atoms with Gasteiger partial charge in [0.2, 0.25) is 0 Å². The Morgan fingerprint density at radius 1 is 1.35 bits per heavy atom. The molecule has 23 heavy (non-hydrogen) atoms. The minimum Gasteiger partial charge on any atom is -0.473 e. The zero-order chi connectivity index (χ0) is 16.8. The van der Waals surface area contributed by atoms with Gasteiger partial charge in [-0.1, -0.05) is 18.5 Å². The fourth-order valence-corrected chi connectivity index (χ4v) is 2.97. The molecule has 4 heterocycles. The van der Waals surface area contributed by atoms with Gasteiger partial charge >= 0.3 is 11.9 Å². The van der Waals surface area contributed by atoms with E-state index in [0.29, 0.717) is 0 Å². The number of aromatic nitrogens is 1. The van der Waals surface area contributed by atoms with Crippen molar-refractivity contribution >= 4 is 18.0 Å². The van der Waals surface area contributed by atoms with Crippen LogP contribution in [0.4, 0.5) is 0 Å². The lowest BCUT2D eigenvalue weighted by atomic mass is 9.83. The van der Waals surface area contributed by atoms with E-state index in [9.17, 15) is 0 Å². The van der Waals surface area contributed by atoms with E-state index < -0.39 is 11.9 Å². The molecule has 1 aromatic heterocycles. The third-order valence-corrected chi connectivity index (χ3v) is 4.11. The summed E-state index contributed by atoms with van der Waals surface area (Å²) in [6, 6.07) is 2.09. The molecule has 2 N–H and O–H groups in total. The van der Waals surface area contributed by atoms with Crippen LogP contribution in [0.15, 0.2) is 16.2 Å². The normalized spacial score (nSPS) is 24.1. The number of hydrogen-bond donors (Lipinski definition) is 2. The highest BCUT2D eigenvalue weighted by atomic mass is 16.5. The van der Waals surface area contributed by atoms with Gasteiger partial charge in [0.05, 0.1) is 5.69 Å². The maximum Gasteiger partial charge on any atom is 0.414 e. The molecule has 0 radical (unpaired) electrons. The van der Waals surface area contributed by atoms with Crippen LogP contribution in [0.25, 0.3) is 6.08 Å². The molecule has 3 fully saturated rings. The van der Waals surface area contributed by atoms with E-state index in [1.165, 1.54) is 25.9 Å². The van der Waals surface area contributed by atoms with Crippen molar-refractivity contribution in [1.82, 2.24) is 10.1 Å². The third kappa shape index (κ3) is 4.92. The Kier molecular flexibility index (Phi) is 5.92. The summed E-state index contributed by atoms with van der Waals surface area (Å²) in [4.78, 5) is 20.7. The SMILES string of the molecule is CCCc1cc(/C=C2/CN3CCC2CC3)on1.O=C(O)C(=O)O. The molecule has 3 aliphatic heterocycles. The van der Waals surface area contributed by atoms with Crippen LogP contribution in [0.5, 0.6) is 0 Å². The van der Waals surface area contributed by atoms with E-state index in [4.69, 9.17) is 24.3 Å².